The van der Waals surface area contributed by atoms with Crippen LogP contribution >= 0.6 is 11.8 Å². The van der Waals surface area contributed by atoms with Crippen molar-refractivity contribution in [1.29, 1.82) is 0 Å². The van der Waals surface area contributed by atoms with Crippen molar-refractivity contribution in [3.63, 3.8) is 0 Å². The Kier molecular flexibility index (Phi) is 5.97. The maximum atomic E-state index is 12.7. The molecule has 0 amide bonds. The third-order valence-electron chi connectivity index (χ3n) is 2.51. The molecule has 2 atom stereocenters. The number of hydrogen-bond acceptors (Lipinski definition) is 5. The average molecular weight is 309 g/mol. The number of aliphatic hydroxyl groups excluding tert-OH is 2. The van der Waals surface area contributed by atoms with Gasteiger partial charge in [0.05, 0.1) is 6.10 Å². The molecule has 8 heteroatoms. The lowest BCUT2D eigenvalue weighted by molar-refractivity contribution is -0.143. The van der Waals surface area contributed by atoms with Gasteiger partial charge in [-0.05, 0) is 12.5 Å². The van der Waals surface area contributed by atoms with Gasteiger partial charge in [-0.2, -0.15) is 13.2 Å². The van der Waals surface area contributed by atoms with E-state index in [0.29, 0.717) is 0 Å². The number of halogens is 3. The molecule has 0 aliphatic carbocycles. The summed E-state index contributed by atoms with van der Waals surface area (Å²) in [6, 6.07) is 2.33. The summed E-state index contributed by atoms with van der Waals surface area (Å²) in [5.74, 6) is 0.217. The zero-order chi connectivity index (χ0) is 15.3. The molecule has 4 nitrogen and oxygen atoms in total. The number of pyridine rings is 1. The molecule has 0 fully saturated rings. The minimum absolute atomic E-state index is 0.00238. The molecule has 0 saturated carbocycles. The first-order valence-corrected chi connectivity index (χ1v) is 6.73. The molecule has 0 bridgehead atoms. The van der Waals surface area contributed by atoms with Crippen LogP contribution in [0.1, 0.15) is 30.7 Å². The summed E-state index contributed by atoms with van der Waals surface area (Å²) in [4.78, 5) is 13.9. The molecule has 0 saturated heterocycles. The summed E-state index contributed by atoms with van der Waals surface area (Å²) in [7, 11) is 0. The van der Waals surface area contributed by atoms with E-state index in [9.17, 15) is 28.2 Å². The van der Waals surface area contributed by atoms with Crippen molar-refractivity contribution >= 4 is 16.9 Å². The summed E-state index contributed by atoms with van der Waals surface area (Å²) in [6.07, 6.45) is -6.83. The van der Waals surface area contributed by atoms with Gasteiger partial charge in [-0.15, -0.1) is 0 Å². The molecule has 0 radical (unpaired) electrons. The highest BCUT2D eigenvalue weighted by Gasteiger charge is 2.37. The fourth-order valence-corrected chi connectivity index (χ4v) is 2.23. The van der Waals surface area contributed by atoms with Gasteiger partial charge < -0.3 is 10.2 Å². The molecule has 1 aromatic heterocycles. The smallest absolute Gasteiger partial charge is 0.390 e. The topological polar surface area (TPSA) is 70.4 Å². The van der Waals surface area contributed by atoms with E-state index in [4.69, 9.17) is 0 Å². The number of rotatable bonds is 5. The lowest BCUT2D eigenvalue weighted by Crippen LogP contribution is -2.23. The average Bonchev–Trinajstić information content (AvgIpc) is 2.36. The van der Waals surface area contributed by atoms with Crippen molar-refractivity contribution in [2.75, 3.05) is 5.75 Å². The van der Waals surface area contributed by atoms with Crippen molar-refractivity contribution in [2.24, 2.45) is 0 Å². The van der Waals surface area contributed by atoms with E-state index in [2.05, 4.69) is 4.98 Å². The van der Waals surface area contributed by atoms with E-state index in [0.717, 1.165) is 24.0 Å². The number of thioether (sulfide) groups is 1. The summed E-state index contributed by atoms with van der Waals surface area (Å²) < 4.78 is 38.2. The first kappa shape index (κ1) is 16.9. The Morgan fingerprint density at radius 1 is 1.45 bits per heavy atom. The fourth-order valence-electron chi connectivity index (χ4n) is 1.58. The molecule has 112 valence electrons. The Morgan fingerprint density at radius 3 is 2.65 bits per heavy atom. The first-order valence-electron chi connectivity index (χ1n) is 5.75. The molecular weight excluding hydrogens is 295 g/mol. The summed E-state index contributed by atoms with van der Waals surface area (Å²) in [6.45, 7) is 1.34. The highest BCUT2D eigenvalue weighted by molar-refractivity contribution is 8.13. The number of aromatic nitrogens is 1. The van der Waals surface area contributed by atoms with Gasteiger partial charge in [0.15, 0.2) is 5.12 Å². The SMILES string of the molecule is CC(=O)SCCC(O)C(O)c1cccnc1C(F)(F)F. The highest BCUT2D eigenvalue weighted by atomic mass is 32.2. The predicted molar refractivity (Wildman–Crippen MR) is 68.0 cm³/mol. The minimum atomic E-state index is -4.70. The van der Waals surface area contributed by atoms with Crippen molar-refractivity contribution in [3.8, 4) is 0 Å². The van der Waals surface area contributed by atoms with Crippen LogP contribution in [0.25, 0.3) is 0 Å². The Labute approximate surface area is 118 Å². The molecule has 2 unspecified atom stereocenters. The molecule has 0 aliphatic rings. The summed E-state index contributed by atoms with van der Waals surface area (Å²) in [5, 5.41) is 19.4. The molecule has 0 aromatic carbocycles. The predicted octanol–water partition coefficient (Wildman–Crippen LogP) is 2.16. The molecule has 0 spiro atoms. The van der Waals surface area contributed by atoms with Crippen molar-refractivity contribution in [2.45, 2.75) is 31.7 Å². The third-order valence-corrected chi connectivity index (χ3v) is 3.36. The number of alkyl halides is 3. The van der Waals surface area contributed by atoms with Crippen molar-refractivity contribution in [3.05, 3.63) is 29.6 Å². The second-order valence-corrected chi connectivity index (χ2v) is 5.35. The molecule has 1 aromatic rings. The second-order valence-electron chi connectivity index (χ2n) is 4.08. The van der Waals surface area contributed by atoms with Crippen LogP contribution in [0.5, 0.6) is 0 Å². The molecule has 20 heavy (non-hydrogen) atoms. The van der Waals surface area contributed by atoms with E-state index in [1.165, 1.54) is 13.0 Å². The van der Waals surface area contributed by atoms with Crippen LogP contribution in [0.15, 0.2) is 18.3 Å². The zero-order valence-electron chi connectivity index (χ0n) is 10.6. The number of carbonyl (C=O) groups excluding carboxylic acids is 1. The standard InChI is InChI=1S/C12H14F3NO3S/c1-7(17)20-6-4-9(18)10(19)8-3-2-5-16-11(8)12(13,14)15/h2-3,5,9-10,18-19H,4,6H2,1H3. The second kappa shape index (κ2) is 7.05. The van der Waals surface area contributed by atoms with Gasteiger partial charge in [0, 0.05) is 24.4 Å². The molecule has 0 aliphatic heterocycles. The highest BCUT2D eigenvalue weighted by Crippen LogP contribution is 2.34. The lowest BCUT2D eigenvalue weighted by atomic mass is 10.0. The largest absolute Gasteiger partial charge is 0.433 e. The van der Waals surface area contributed by atoms with Crippen LogP contribution in [0.4, 0.5) is 13.2 Å². The fraction of sp³-hybridized carbons (Fsp3) is 0.500. The van der Waals surface area contributed by atoms with Crippen molar-refractivity contribution in [1.82, 2.24) is 4.98 Å². The molecule has 1 heterocycles. The maximum Gasteiger partial charge on any atom is 0.433 e. The Balaban J connectivity index is 2.81. The molecular formula is C12H14F3NO3S. The number of hydrogen-bond donors (Lipinski definition) is 2. The maximum absolute atomic E-state index is 12.7. The van der Waals surface area contributed by atoms with Gasteiger partial charge >= 0.3 is 6.18 Å². The number of aliphatic hydroxyl groups is 2. The Morgan fingerprint density at radius 2 is 2.10 bits per heavy atom. The van der Waals surface area contributed by atoms with Crippen molar-refractivity contribution < 1.29 is 28.2 Å². The van der Waals surface area contributed by atoms with Crippen LogP contribution in [0.3, 0.4) is 0 Å². The lowest BCUT2D eigenvalue weighted by Gasteiger charge is -2.20. The van der Waals surface area contributed by atoms with Crippen LogP contribution in [0.2, 0.25) is 0 Å². The minimum Gasteiger partial charge on any atom is -0.390 e. The van der Waals surface area contributed by atoms with Gasteiger partial charge in [0.2, 0.25) is 0 Å². The van der Waals surface area contributed by atoms with Gasteiger partial charge in [0.25, 0.3) is 0 Å². The first-order chi connectivity index (χ1) is 9.23. The number of carbonyl (C=O) groups is 1. The van der Waals surface area contributed by atoms with Crippen LogP contribution in [-0.2, 0) is 11.0 Å². The van der Waals surface area contributed by atoms with Crippen LogP contribution in [-0.4, -0.2) is 32.2 Å². The monoisotopic (exact) mass is 309 g/mol. The summed E-state index contributed by atoms with van der Waals surface area (Å²) in [5.41, 5.74) is -1.69. The van der Waals surface area contributed by atoms with Gasteiger partial charge in [-0.3, -0.25) is 9.78 Å². The quantitative estimate of drug-likeness (QED) is 0.872. The molecule has 2 N–H and O–H groups in total. The van der Waals surface area contributed by atoms with E-state index in [-0.39, 0.29) is 17.3 Å². The van der Waals surface area contributed by atoms with Gasteiger partial charge in [-0.25, -0.2) is 0 Å². The van der Waals surface area contributed by atoms with Gasteiger partial charge in [-0.1, -0.05) is 17.8 Å². The third kappa shape index (κ3) is 4.77. The Hall–Kier alpha value is -1.12. The zero-order valence-corrected chi connectivity index (χ0v) is 11.4. The Bertz CT molecular complexity index is 468. The van der Waals surface area contributed by atoms with Crippen LogP contribution in [0, 0.1) is 0 Å². The van der Waals surface area contributed by atoms with E-state index in [1.807, 2.05) is 0 Å². The van der Waals surface area contributed by atoms with Crippen LogP contribution < -0.4 is 0 Å². The van der Waals surface area contributed by atoms with E-state index >= 15 is 0 Å². The number of nitrogens with zero attached hydrogens (tertiary/aromatic N) is 1. The summed E-state index contributed by atoms with van der Waals surface area (Å²) >= 11 is 0.934. The van der Waals surface area contributed by atoms with E-state index in [1.54, 1.807) is 0 Å². The normalized spacial score (nSPS) is 14.9. The van der Waals surface area contributed by atoms with E-state index < -0.39 is 29.6 Å². The van der Waals surface area contributed by atoms with Gasteiger partial charge in [0.1, 0.15) is 11.8 Å². The molecule has 1 rings (SSSR count).